The summed E-state index contributed by atoms with van der Waals surface area (Å²) < 4.78 is 10.9. The summed E-state index contributed by atoms with van der Waals surface area (Å²) in [4.78, 5) is 22.3. The number of nitrogens with zero attached hydrogens (tertiary/aromatic N) is 3. The minimum Gasteiger partial charge on any atom is -0.474 e. The van der Waals surface area contributed by atoms with Gasteiger partial charge in [0.25, 0.3) is 0 Å². The highest BCUT2D eigenvalue weighted by Crippen LogP contribution is 2.20. The summed E-state index contributed by atoms with van der Waals surface area (Å²) in [7, 11) is 1.52. The Bertz CT molecular complexity index is 730. The number of urea groups is 1. The van der Waals surface area contributed by atoms with Crippen LogP contribution in [0.4, 0.5) is 10.5 Å². The molecule has 7 nitrogen and oxygen atoms in total. The molecule has 1 aromatic carbocycles. The summed E-state index contributed by atoms with van der Waals surface area (Å²) in [6.07, 6.45) is 3.15. The van der Waals surface area contributed by atoms with Crippen molar-refractivity contribution in [1.29, 1.82) is 0 Å². The smallest absolute Gasteiger partial charge is 0.321 e. The highest BCUT2D eigenvalue weighted by Gasteiger charge is 2.24. The number of amides is 2. The van der Waals surface area contributed by atoms with E-state index in [1.807, 2.05) is 36.1 Å². The van der Waals surface area contributed by atoms with Crippen molar-refractivity contribution < 1.29 is 14.3 Å². The summed E-state index contributed by atoms with van der Waals surface area (Å²) >= 11 is 0. The summed E-state index contributed by atoms with van der Waals surface area (Å²) in [5.41, 5.74) is 1.89. The van der Waals surface area contributed by atoms with Gasteiger partial charge in [0.05, 0.1) is 7.11 Å². The number of rotatable bonds is 4. The number of aryl methyl sites for hydroxylation is 1. The van der Waals surface area contributed by atoms with Crippen molar-refractivity contribution in [2.24, 2.45) is 0 Å². The van der Waals surface area contributed by atoms with Crippen LogP contribution < -0.4 is 14.8 Å². The lowest BCUT2D eigenvalue weighted by atomic mass is 10.1. The number of carbonyl (C=O) groups excluding carboxylic acids is 1. The number of para-hydroxylation sites is 1. The van der Waals surface area contributed by atoms with E-state index in [1.165, 1.54) is 7.11 Å². The normalized spacial score (nSPS) is 14.9. The maximum atomic E-state index is 12.4. The largest absolute Gasteiger partial charge is 0.474 e. The lowest BCUT2D eigenvalue weighted by Crippen LogP contribution is -2.43. The number of aromatic nitrogens is 2. The van der Waals surface area contributed by atoms with Gasteiger partial charge in [0.15, 0.2) is 0 Å². The number of ether oxygens (including phenoxy) is 2. The van der Waals surface area contributed by atoms with Gasteiger partial charge < -0.3 is 19.7 Å². The molecule has 0 spiro atoms. The molecule has 132 valence electrons. The van der Waals surface area contributed by atoms with Gasteiger partial charge in [-0.15, -0.1) is 0 Å². The molecule has 1 fully saturated rings. The maximum absolute atomic E-state index is 12.4. The number of methoxy groups -OCH3 is 1. The average Bonchev–Trinajstić information content (AvgIpc) is 2.64. The topological polar surface area (TPSA) is 76.6 Å². The fraction of sp³-hybridized carbons (Fsp3) is 0.389. The molecular weight excluding hydrogens is 320 g/mol. The minimum atomic E-state index is -0.0727. The van der Waals surface area contributed by atoms with Crippen LogP contribution in [-0.2, 0) is 0 Å². The van der Waals surface area contributed by atoms with Crippen LogP contribution in [0.1, 0.15) is 18.4 Å². The number of hydrogen-bond acceptors (Lipinski definition) is 5. The Balaban J connectivity index is 1.51. The van der Waals surface area contributed by atoms with Crippen LogP contribution in [-0.4, -0.2) is 47.2 Å². The Hall–Kier alpha value is -2.83. The fourth-order valence-electron chi connectivity index (χ4n) is 2.74. The number of anilines is 1. The van der Waals surface area contributed by atoms with Gasteiger partial charge in [-0.25, -0.2) is 9.78 Å². The van der Waals surface area contributed by atoms with E-state index in [2.05, 4.69) is 15.3 Å². The van der Waals surface area contributed by atoms with Crippen LogP contribution in [0.15, 0.2) is 36.5 Å². The van der Waals surface area contributed by atoms with Gasteiger partial charge in [0, 0.05) is 43.9 Å². The first-order valence-electron chi connectivity index (χ1n) is 8.31. The molecule has 1 N–H and O–H groups in total. The molecule has 2 amide bonds. The van der Waals surface area contributed by atoms with Crippen LogP contribution >= 0.6 is 0 Å². The van der Waals surface area contributed by atoms with Gasteiger partial charge in [-0.1, -0.05) is 18.2 Å². The molecule has 0 atom stereocenters. The predicted molar refractivity (Wildman–Crippen MR) is 94.0 cm³/mol. The monoisotopic (exact) mass is 342 g/mol. The van der Waals surface area contributed by atoms with Crippen molar-refractivity contribution in [2.45, 2.75) is 25.9 Å². The first-order valence-corrected chi connectivity index (χ1v) is 8.31. The maximum Gasteiger partial charge on any atom is 0.321 e. The molecule has 3 rings (SSSR count). The first-order chi connectivity index (χ1) is 12.2. The molecule has 0 bridgehead atoms. The number of carbonyl (C=O) groups is 1. The van der Waals surface area contributed by atoms with Gasteiger partial charge in [-0.05, 0) is 18.6 Å². The van der Waals surface area contributed by atoms with E-state index in [0.29, 0.717) is 19.0 Å². The van der Waals surface area contributed by atoms with E-state index >= 15 is 0 Å². The van der Waals surface area contributed by atoms with Gasteiger partial charge in [-0.2, -0.15) is 4.98 Å². The zero-order chi connectivity index (χ0) is 17.6. The molecule has 7 heteroatoms. The molecule has 1 saturated heterocycles. The van der Waals surface area contributed by atoms with Crippen LogP contribution in [0.3, 0.4) is 0 Å². The van der Waals surface area contributed by atoms with Crippen molar-refractivity contribution in [3.63, 3.8) is 0 Å². The number of hydrogen-bond donors (Lipinski definition) is 1. The molecule has 2 aromatic rings. The van der Waals surface area contributed by atoms with Crippen molar-refractivity contribution in [3.05, 3.63) is 42.1 Å². The molecule has 0 saturated carbocycles. The first kappa shape index (κ1) is 17.0. The Labute approximate surface area is 147 Å². The fourth-order valence-corrected chi connectivity index (χ4v) is 2.74. The second-order valence-corrected chi connectivity index (χ2v) is 5.93. The number of nitrogens with one attached hydrogen (secondary N) is 1. The van der Waals surface area contributed by atoms with Crippen molar-refractivity contribution in [2.75, 3.05) is 25.5 Å². The van der Waals surface area contributed by atoms with E-state index in [0.717, 1.165) is 24.1 Å². The zero-order valence-corrected chi connectivity index (χ0v) is 14.4. The van der Waals surface area contributed by atoms with E-state index in [-0.39, 0.29) is 18.1 Å². The van der Waals surface area contributed by atoms with Gasteiger partial charge >= 0.3 is 12.0 Å². The standard InChI is InChI=1S/C18H22N4O3/c1-13-5-3-4-6-15(13)20-18(23)22-11-8-14(9-12-22)25-16-7-10-19-17(21-16)24-2/h3-7,10,14H,8-9,11-12H2,1-2H3,(H,20,23). The third kappa shape index (κ3) is 4.37. The quantitative estimate of drug-likeness (QED) is 0.924. The van der Waals surface area contributed by atoms with Gasteiger partial charge in [-0.3, -0.25) is 0 Å². The van der Waals surface area contributed by atoms with Gasteiger partial charge in [0.1, 0.15) is 6.10 Å². The zero-order valence-electron chi connectivity index (χ0n) is 14.4. The lowest BCUT2D eigenvalue weighted by molar-refractivity contribution is 0.110. The number of likely N-dealkylation sites (tertiary alicyclic amines) is 1. The Morgan fingerprint density at radius 3 is 2.72 bits per heavy atom. The summed E-state index contributed by atoms with van der Waals surface area (Å²) in [5.74, 6) is 0.495. The second kappa shape index (κ2) is 7.83. The number of benzene rings is 1. The van der Waals surface area contributed by atoms with Crippen LogP contribution in [0, 0.1) is 6.92 Å². The average molecular weight is 342 g/mol. The van der Waals surface area contributed by atoms with E-state index in [1.54, 1.807) is 12.3 Å². The lowest BCUT2D eigenvalue weighted by Gasteiger charge is -2.32. The summed E-state index contributed by atoms with van der Waals surface area (Å²) in [6.45, 7) is 3.26. The third-order valence-electron chi connectivity index (χ3n) is 4.19. The highest BCUT2D eigenvalue weighted by atomic mass is 16.5. The summed E-state index contributed by atoms with van der Waals surface area (Å²) in [6, 6.07) is 9.68. The molecule has 25 heavy (non-hydrogen) atoms. The molecule has 1 aliphatic rings. The van der Waals surface area contributed by atoms with Gasteiger partial charge in [0.2, 0.25) is 5.88 Å². The molecule has 0 radical (unpaired) electrons. The summed E-state index contributed by atoms with van der Waals surface area (Å²) in [5, 5.41) is 2.97. The Kier molecular flexibility index (Phi) is 5.33. The molecule has 2 heterocycles. The highest BCUT2D eigenvalue weighted by molar-refractivity contribution is 5.90. The van der Waals surface area contributed by atoms with Crippen LogP contribution in [0.5, 0.6) is 11.9 Å². The van der Waals surface area contributed by atoms with Crippen molar-refractivity contribution in [3.8, 4) is 11.9 Å². The Morgan fingerprint density at radius 1 is 1.24 bits per heavy atom. The minimum absolute atomic E-state index is 0.0297. The SMILES string of the molecule is COc1nccc(OC2CCN(C(=O)Nc3ccccc3C)CC2)n1. The second-order valence-electron chi connectivity index (χ2n) is 5.93. The molecule has 1 aliphatic heterocycles. The molecule has 0 aliphatic carbocycles. The molecule has 0 unspecified atom stereocenters. The van der Waals surface area contributed by atoms with Crippen molar-refractivity contribution >= 4 is 11.7 Å². The number of piperidine rings is 1. The van der Waals surface area contributed by atoms with E-state index in [4.69, 9.17) is 9.47 Å². The van der Waals surface area contributed by atoms with Crippen LogP contribution in [0.2, 0.25) is 0 Å². The van der Waals surface area contributed by atoms with Crippen LogP contribution in [0.25, 0.3) is 0 Å². The van der Waals surface area contributed by atoms with E-state index < -0.39 is 0 Å². The predicted octanol–water partition coefficient (Wildman–Crippen LogP) is 2.87. The van der Waals surface area contributed by atoms with E-state index in [9.17, 15) is 4.79 Å². The third-order valence-corrected chi connectivity index (χ3v) is 4.19. The molecular formula is C18H22N4O3. The Morgan fingerprint density at radius 2 is 2.00 bits per heavy atom. The van der Waals surface area contributed by atoms with Crippen molar-refractivity contribution in [1.82, 2.24) is 14.9 Å². The molecule has 1 aromatic heterocycles.